The summed E-state index contributed by atoms with van der Waals surface area (Å²) in [6, 6.07) is 5.80. The predicted octanol–water partition coefficient (Wildman–Crippen LogP) is 2.45. The fourth-order valence-corrected chi connectivity index (χ4v) is 7.16. The number of aromatic nitrogens is 3. The van der Waals surface area contributed by atoms with Gasteiger partial charge in [0.1, 0.15) is 29.7 Å². The van der Waals surface area contributed by atoms with E-state index in [0.29, 0.717) is 37.6 Å². The average Bonchev–Trinajstić information content (AvgIpc) is 3.71. The Morgan fingerprint density at radius 1 is 1.27 bits per heavy atom. The molecule has 3 fully saturated rings. The number of carbonyl (C=O) groups is 3. The predicted molar refractivity (Wildman–Crippen MR) is 150 cm³/mol. The molecule has 1 aromatic carbocycles. The van der Waals surface area contributed by atoms with Crippen LogP contribution in [0.25, 0.3) is 11.0 Å². The van der Waals surface area contributed by atoms with Crippen LogP contribution in [0.3, 0.4) is 0 Å². The first-order valence-corrected chi connectivity index (χ1v) is 14.4. The minimum absolute atomic E-state index is 0.0759. The number of amides is 2. The van der Waals surface area contributed by atoms with Crippen molar-refractivity contribution in [1.29, 1.82) is 0 Å². The van der Waals surface area contributed by atoms with Gasteiger partial charge in [0.2, 0.25) is 11.8 Å². The molecule has 2 bridgehead atoms. The molecule has 0 saturated carbocycles. The van der Waals surface area contributed by atoms with Gasteiger partial charge in [-0.2, -0.15) is 0 Å². The van der Waals surface area contributed by atoms with E-state index in [1.165, 1.54) is 4.90 Å². The Labute approximate surface area is 239 Å². The van der Waals surface area contributed by atoms with Crippen molar-refractivity contribution < 1.29 is 29.0 Å². The van der Waals surface area contributed by atoms with Gasteiger partial charge >= 0.3 is 5.97 Å². The smallest absolute Gasteiger partial charge is 0.312 e. The number of esters is 1. The van der Waals surface area contributed by atoms with Crippen LogP contribution in [0.4, 0.5) is 0 Å². The highest BCUT2D eigenvalue weighted by atomic mass is 16.6. The fourth-order valence-electron chi connectivity index (χ4n) is 7.16. The number of hydrogen-bond acceptors (Lipinski definition) is 8. The molecule has 0 aliphatic carbocycles. The summed E-state index contributed by atoms with van der Waals surface area (Å²) in [5.74, 6) is -2.92. The maximum Gasteiger partial charge on any atom is 0.312 e. The Balaban J connectivity index is 1.56. The van der Waals surface area contributed by atoms with E-state index in [0.717, 1.165) is 5.52 Å². The van der Waals surface area contributed by atoms with E-state index >= 15 is 0 Å². The number of benzene rings is 1. The van der Waals surface area contributed by atoms with Gasteiger partial charge < -0.3 is 24.4 Å². The second-order valence-corrected chi connectivity index (χ2v) is 11.1. The lowest BCUT2D eigenvalue weighted by molar-refractivity contribution is -0.164. The quantitative estimate of drug-likeness (QED) is 0.223. The maximum absolute atomic E-state index is 14.6. The second kappa shape index (κ2) is 11.4. The van der Waals surface area contributed by atoms with Gasteiger partial charge in [0, 0.05) is 6.54 Å². The van der Waals surface area contributed by atoms with Crippen LogP contribution in [0.2, 0.25) is 0 Å². The first kappa shape index (κ1) is 28.9. The molecule has 41 heavy (non-hydrogen) atoms. The zero-order chi connectivity index (χ0) is 29.4. The molecule has 6 atom stereocenters. The maximum atomic E-state index is 14.6. The number of fused-ring (bicyclic) bond motifs is 2. The van der Waals surface area contributed by atoms with Gasteiger partial charge in [-0.25, -0.2) is 4.68 Å². The Bertz CT molecular complexity index is 1340. The van der Waals surface area contributed by atoms with E-state index in [4.69, 9.17) is 9.47 Å². The van der Waals surface area contributed by atoms with E-state index < -0.39 is 41.1 Å². The highest BCUT2D eigenvalue weighted by molar-refractivity contribution is 5.98. The summed E-state index contributed by atoms with van der Waals surface area (Å²) in [7, 11) is 0. The number of aliphatic hydroxyl groups is 1. The van der Waals surface area contributed by atoms with Gasteiger partial charge in [0.15, 0.2) is 0 Å². The highest BCUT2D eigenvalue weighted by Crippen LogP contribution is 2.65. The van der Waals surface area contributed by atoms with Crippen LogP contribution in [-0.2, 0) is 30.5 Å². The molecule has 1 spiro atoms. The average molecular weight is 566 g/mol. The number of likely N-dealkylation sites (tertiary alicyclic amines) is 1. The van der Waals surface area contributed by atoms with Gasteiger partial charge in [-0.05, 0) is 44.2 Å². The van der Waals surface area contributed by atoms with Crippen molar-refractivity contribution in [2.24, 2.45) is 11.8 Å². The van der Waals surface area contributed by atoms with Crippen LogP contribution in [0, 0.1) is 11.8 Å². The Morgan fingerprint density at radius 2 is 2.05 bits per heavy atom. The molecule has 0 radical (unpaired) electrons. The zero-order valence-corrected chi connectivity index (χ0v) is 23.8. The minimum atomic E-state index is -1.22. The van der Waals surface area contributed by atoms with Crippen molar-refractivity contribution in [2.45, 2.75) is 75.9 Å². The lowest BCUT2D eigenvalue weighted by atomic mass is 9.65. The molecule has 11 nitrogen and oxygen atoms in total. The Hall–Kier alpha value is -3.57. The fraction of sp³-hybridized carbons (Fsp3) is 0.567. The summed E-state index contributed by atoms with van der Waals surface area (Å²) in [5.41, 5.74) is -0.667. The molecule has 2 unspecified atom stereocenters. The third kappa shape index (κ3) is 4.46. The van der Waals surface area contributed by atoms with Crippen LogP contribution in [0.15, 0.2) is 49.6 Å². The molecular weight excluding hydrogens is 526 g/mol. The van der Waals surface area contributed by atoms with E-state index in [2.05, 4.69) is 23.5 Å². The molecule has 220 valence electrons. The molecule has 3 aliphatic heterocycles. The third-order valence-electron chi connectivity index (χ3n) is 9.13. The molecule has 4 heterocycles. The van der Waals surface area contributed by atoms with Crippen molar-refractivity contribution >= 4 is 28.8 Å². The molecular formula is C30H39N5O6. The Kier molecular flexibility index (Phi) is 8.02. The summed E-state index contributed by atoms with van der Waals surface area (Å²) in [5, 5.41) is 18.8. The second-order valence-electron chi connectivity index (χ2n) is 11.1. The summed E-state index contributed by atoms with van der Waals surface area (Å²) in [6.07, 6.45) is 5.67. The van der Waals surface area contributed by atoms with Crippen LogP contribution >= 0.6 is 0 Å². The monoisotopic (exact) mass is 565 g/mol. The highest BCUT2D eigenvalue weighted by Gasteiger charge is 2.79. The molecule has 1 N–H and O–H groups in total. The largest absolute Gasteiger partial charge is 0.465 e. The molecule has 3 aliphatic rings. The van der Waals surface area contributed by atoms with Crippen LogP contribution in [-0.4, -0.2) is 90.7 Å². The van der Waals surface area contributed by atoms with E-state index in [1.54, 1.807) is 21.7 Å². The van der Waals surface area contributed by atoms with Crippen molar-refractivity contribution in [1.82, 2.24) is 24.8 Å². The van der Waals surface area contributed by atoms with Crippen LogP contribution in [0.5, 0.6) is 0 Å². The number of hydrogen-bond donors (Lipinski definition) is 1. The summed E-state index contributed by atoms with van der Waals surface area (Å²) >= 11 is 0. The van der Waals surface area contributed by atoms with Crippen LogP contribution in [0.1, 0.15) is 46.0 Å². The van der Waals surface area contributed by atoms with Gasteiger partial charge in [-0.1, -0.05) is 43.3 Å². The molecule has 2 amide bonds. The number of ether oxygens (including phenoxy) is 2. The van der Waals surface area contributed by atoms with Crippen molar-refractivity contribution in [3.8, 4) is 0 Å². The van der Waals surface area contributed by atoms with Crippen molar-refractivity contribution in [3.05, 3.63) is 49.6 Å². The number of rotatable bonds is 13. The van der Waals surface area contributed by atoms with Crippen LogP contribution < -0.4 is 0 Å². The van der Waals surface area contributed by atoms with E-state index in [1.807, 2.05) is 38.1 Å². The van der Waals surface area contributed by atoms with Crippen molar-refractivity contribution in [2.75, 3.05) is 19.8 Å². The number of aliphatic hydroxyl groups excluding tert-OH is 1. The van der Waals surface area contributed by atoms with Gasteiger partial charge in [-0.3, -0.25) is 14.4 Å². The Morgan fingerprint density at radius 3 is 2.73 bits per heavy atom. The normalized spacial score (nSPS) is 29.0. The van der Waals surface area contributed by atoms with Crippen molar-refractivity contribution in [3.63, 3.8) is 0 Å². The molecule has 2 aromatic rings. The van der Waals surface area contributed by atoms with E-state index in [9.17, 15) is 19.5 Å². The topological polar surface area (TPSA) is 127 Å². The number of nitrogens with zero attached hydrogens (tertiary/aromatic N) is 5. The molecule has 11 heteroatoms. The van der Waals surface area contributed by atoms with Gasteiger partial charge in [-0.15, -0.1) is 18.3 Å². The lowest BCUT2D eigenvalue weighted by Crippen LogP contribution is -2.59. The zero-order valence-electron chi connectivity index (χ0n) is 23.8. The standard InChI is InChI=1S/C30H39N5O6/c1-5-9-17-40-28(39)24-23-26(37)35(20(7-3)18-36)25(30(23)15-14-29(24,8-4)41-30)27(38)33(16-6-2)19-34-22-13-11-10-12-21(22)31-32-34/h5-6,10-13,20,23-25,36H,1-2,7-9,14-19H2,3-4H3/t20-,23-,24-,25?,29+,30?/m0/s1. The summed E-state index contributed by atoms with van der Waals surface area (Å²) in [4.78, 5) is 45.5. The van der Waals surface area contributed by atoms with Gasteiger partial charge in [0.25, 0.3) is 0 Å². The van der Waals surface area contributed by atoms with E-state index in [-0.39, 0.29) is 38.2 Å². The lowest BCUT2D eigenvalue weighted by Gasteiger charge is -2.39. The minimum Gasteiger partial charge on any atom is -0.465 e. The summed E-state index contributed by atoms with van der Waals surface area (Å²) < 4.78 is 14.0. The number of carbonyl (C=O) groups excluding carboxylic acids is 3. The molecule has 1 aromatic heterocycles. The van der Waals surface area contributed by atoms with Gasteiger partial charge in [0.05, 0.1) is 36.3 Å². The first-order chi connectivity index (χ1) is 19.8. The third-order valence-corrected chi connectivity index (χ3v) is 9.13. The molecule has 3 saturated heterocycles. The molecule has 5 rings (SSSR count). The summed E-state index contributed by atoms with van der Waals surface area (Å²) in [6.45, 7) is 11.4. The number of para-hydroxylation sites is 1. The SMILES string of the molecule is C=CCCOC(=O)[C@@H]1[C@H]2C(=O)N([C@@H](CC)CO)C(C(=O)N(CC=C)Cn3nnc4ccccc43)C23CC[C@@]1(CC)O3. The first-order valence-electron chi connectivity index (χ1n) is 14.4.